The summed E-state index contributed by atoms with van der Waals surface area (Å²) in [5, 5.41) is 3.33. The van der Waals surface area contributed by atoms with Gasteiger partial charge in [0, 0.05) is 23.2 Å². The summed E-state index contributed by atoms with van der Waals surface area (Å²) in [7, 11) is 0. The van der Waals surface area contributed by atoms with Crippen LogP contribution in [0.4, 0.5) is 5.13 Å². The Kier molecular flexibility index (Phi) is 6.70. The minimum Gasteiger partial charge on any atom is -0.329 e. The average molecular weight is 359 g/mol. The highest BCUT2D eigenvalue weighted by molar-refractivity contribution is 7.15. The third-order valence-electron chi connectivity index (χ3n) is 3.76. The molecule has 0 saturated carbocycles. The van der Waals surface area contributed by atoms with Crippen LogP contribution in [0, 0.1) is 19.8 Å². The molecule has 0 aliphatic rings. The molecule has 134 valence electrons. The molecule has 0 aliphatic carbocycles. The van der Waals surface area contributed by atoms with Crippen LogP contribution in [0.25, 0.3) is 0 Å². The zero-order chi connectivity index (χ0) is 18.4. The van der Waals surface area contributed by atoms with E-state index in [2.05, 4.69) is 24.1 Å². The first-order valence-corrected chi connectivity index (χ1v) is 9.25. The Labute approximate surface area is 153 Å². The van der Waals surface area contributed by atoms with Crippen molar-refractivity contribution in [3.8, 4) is 0 Å². The molecule has 0 radical (unpaired) electrons. The van der Waals surface area contributed by atoms with Crippen molar-refractivity contribution in [1.29, 1.82) is 0 Å². The fourth-order valence-corrected chi connectivity index (χ4v) is 2.97. The summed E-state index contributed by atoms with van der Waals surface area (Å²) >= 11 is 1.42. The van der Waals surface area contributed by atoms with Gasteiger partial charge in [0.15, 0.2) is 5.13 Å². The molecule has 0 bridgehead atoms. The molecular formula is C19H25N3O2S. The molecule has 1 heterocycles. The number of hydrogen-bond acceptors (Lipinski definition) is 4. The lowest BCUT2D eigenvalue weighted by Gasteiger charge is -2.23. The van der Waals surface area contributed by atoms with Crippen molar-refractivity contribution in [1.82, 2.24) is 9.88 Å². The zero-order valence-corrected chi connectivity index (χ0v) is 16.0. The highest BCUT2D eigenvalue weighted by atomic mass is 32.1. The second kappa shape index (κ2) is 8.76. The lowest BCUT2D eigenvalue weighted by Crippen LogP contribution is -2.39. The normalized spacial score (nSPS) is 10.8. The summed E-state index contributed by atoms with van der Waals surface area (Å²) in [4.78, 5) is 31.9. The van der Waals surface area contributed by atoms with Crippen molar-refractivity contribution in [3.63, 3.8) is 0 Å². The summed E-state index contributed by atoms with van der Waals surface area (Å²) in [5.74, 6) is 0.114. The van der Waals surface area contributed by atoms with Crippen LogP contribution in [-0.2, 0) is 4.79 Å². The summed E-state index contributed by atoms with van der Waals surface area (Å²) < 4.78 is 0. The minimum atomic E-state index is -0.224. The highest BCUT2D eigenvalue weighted by Crippen LogP contribution is 2.17. The van der Waals surface area contributed by atoms with E-state index in [0.717, 1.165) is 16.9 Å². The number of rotatable bonds is 7. The molecule has 6 heteroatoms. The van der Waals surface area contributed by atoms with Crippen molar-refractivity contribution >= 4 is 28.3 Å². The number of carbonyl (C=O) groups is 2. The first kappa shape index (κ1) is 19.1. The maximum absolute atomic E-state index is 12.8. The summed E-state index contributed by atoms with van der Waals surface area (Å²) in [5.41, 5.74) is 1.70. The fraction of sp³-hybridized carbons (Fsp3) is 0.421. The number of aromatic nitrogens is 1. The molecule has 0 aliphatic heterocycles. The van der Waals surface area contributed by atoms with Crippen LogP contribution in [0.3, 0.4) is 0 Å². The highest BCUT2D eigenvalue weighted by Gasteiger charge is 2.19. The molecule has 2 aromatic rings. The van der Waals surface area contributed by atoms with Gasteiger partial charge in [0.25, 0.3) is 5.91 Å². The van der Waals surface area contributed by atoms with E-state index in [9.17, 15) is 9.59 Å². The van der Waals surface area contributed by atoms with Gasteiger partial charge in [-0.2, -0.15) is 0 Å². The summed E-state index contributed by atoms with van der Waals surface area (Å²) in [6, 6.07) is 7.43. The Balaban J connectivity index is 2.07. The van der Waals surface area contributed by atoms with Crippen molar-refractivity contribution in [2.45, 2.75) is 34.1 Å². The van der Waals surface area contributed by atoms with Crippen molar-refractivity contribution in [2.24, 2.45) is 5.92 Å². The van der Waals surface area contributed by atoms with Crippen molar-refractivity contribution < 1.29 is 9.59 Å². The van der Waals surface area contributed by atoms with Gasteiger partial charge in [-0.3, -0.25) is 9.59 Å². The maximum atomic E-state index is 12.8. The molecule has 0 unspecified atom stereocenters. The van der Waals surface area contributed by atoms with Gasteiger partial charge < -0.3 is 10.2 Å². The van der Waals surface area contributed by atoms with E-state index < -0.39 is 0 Å². The van der Waals surface area contributed by atoms with Gasteiger partial charge in [-0.1, -0.05) is 31.5 Å². The van der Waals surface area contributed by atoms with Gasteiger partial charge in [0.2, 0.25) is 5.91 Å². The van der Waals surface area contributed by atoms with E-state index in [0.29, 0.717) is 23.2 Å². The predicted molar refractivity (Wildman–Crippen MR) is 102 cm³/mol. The second-order valence-corrected chi connectivity index (χ2v) is 7.83. The lowest BCUT2D eigenvalue weighted by atomic mass is 10.1. The van der Waals surface area contributed by atoms with Crippen LogP contribution in [0.5, 0.6) is 0 Å². The van der Waals surface area contributed by atoms with Gasteiger partial charge >= 0.3 is 0 Å². The Hall–Kier alpha value is -2.21. The monoisotopic (exact) mass is 359 g/mol. The van der Waals surface area contributed by atoms with Crippen LogP contribution >= 0.6 is 11.3 Å². The zero-order valence-electron chi connectivity index (χ0n) is 15.2. The Morgan fingerprint density at radius 1 is 1.20 bits per heavy atom. The van der Waals surface area contributed by atoms with Gasteiger partial charge in [-0.15, -0.1) is 11.3 Å². The number of hydrogen-bond donors (Lipinski definition) is 1. The van der Waals surface area contributed by atoms with Crippen LogP contribution in [0.1, 0.15) is 41.1 Å². The first-order chi connectivity index (χ1) is 11.8. The molecule has 1 aromatic heterocycles. The van der Waals surface area contributed by atoms with Crippen LogP contribution in [0.15, 0.2) is 30.5 Å². The number of nitrogens with one attached hydrogen (secondary N) is 1. The Morgan fingerprint density at radius 2 is 1.88 bits per heavy atom. The molecule has 1 N–H and O–H groups in total. The molecule has 0 saturated heterocycles. The van der Waals surface area contributed by atoms with Gasteiger partial charge in [0.05, 0.1) is 0 Å². The van der Waals surface area contributed by atoms with E-state index in [4.69, 9.17) is 0 Å². The molecule has 2 amide bonds. The number of benzene rings is 1. The van der Waals surface area contributed by atoms with E-state index in [1.54, 1.807) is 11.1 Å². The van der Waals surface area contributed by atoms with Gasteiger partial charge in [-0.25, -0.2) is 4.98 Å². The molecule has 2 rings (SSSR count). The van der Waals surface area contributed by atoms with E-state index in [-0.39, 0.29) is 18.4 Å². The predicted octanol–water partition coefficient (Wildman–Crippen LogP) is 3.89. The smallest absolute Gasteiger partial charge is 0.254 e. The van der Waals surface area contributed by atoms with E-state index in [1.165, 1.54) is 11.3 Å². The third-order valence-corrected chi connectivity index (χ3v) is 4.59. The van der Waals surface area contributed by atoms with E-state index >= 15 is 0 Å². The number of aryl methyl sites for hydroxylation is 2. The average Bonchev–Trinajstić information content (AvgIpc) is 2.96. The largest absolute Gasteiger partial charge is 0.329 e. The first-order valence-electron chi connectivity index (χ1n) is 8.43. The molecule has 0 spiro atoms. The lowest BCUT2D eigenvalue weighted by molar-refractivity contribution is -0.116. The molecule has 0 fully saturated rings. The molecule has 25 heavy (non-hydrogen) atoms. The number of carbonyl (C=O) groups excluding carboxylic acids is 2. The SMILES string of the molecule is Cc1ccc(C(=O)N(CCC(C)C)CC(=O)Nc2ncc(C)s2)cc1. The van der Waals surface area contributed by atoms with Crippen molar-refractivity contribution in [3.05, 3.63) is 46.5 Å². The van der Waals surface area contributed by atoms with Gasteiger partial charge in [-0.05, 0) is 38.3 Å². The van der Waals surface area contributed by atoms with Crippen LogP contribution in [0.2, 0.25) is 0 Å². The topological polar surface area (TPSA) is 62.3 Å². The van der Waals surface area contributed by atoms with Crippen LogP contribution in [-0.4, -0.2) is 34.8 Å². The summed E-state index contributed by atoms with van der Waals surface area (Å²) in [6.07, 6.45) is 2.56. The number of amides is 2. The van der Waals surface area contributed by atoms with Crippen LogP contribution < -0.4 is 5.32 Å². The molecule has 0 atom stereocenters. The number of nitrogens with zero attached hydrogens (tertiary/aromatic N) is 2. The maximum Gasteiger partial charge on any atom is 0.254 e. The fourth-order valence-electron chi connectivity index (χ4n) is 2.29. The van der Waals surface area contributed by atoms with E-state index in [1.807, 2.05) is 38.1 Å². The number of thiazole rings is 1. The quantitative estimate of drug-likeness (QED) is 0.816. The molecule has 1 aromatic carbocycles. The minimum absolute atomic E-state index is 0.0259. The standard InChI is InChI=1S/C19H25N3O2S/c1-13(2)9-10-22(18(24)16-7-5-14(3)6-8-16)12-17(23)21-19-20-11-15(4)25-19/h5-8,11,13H,9-10,12H2,1-4H3,(H,20,21,23). The summed E-state index contributed by atoms with van der Waals surface area (Å²) in [6.45, 7) is 8.70. The van der Waals surface area contributed by atoms with Gasteiger partial charge in [0.1, 0.15) is 6.54 Å². The molecule has 5 nitrogen and oxygen atoms in total. The Morgan fingerprint density at radius 3 is 2.44 bits per heavy atom. The van der Waals surface area contributed by atoms with Crippen molar-refractivity contribution in [2.75, 3.05) is 18.4 Å². The molecular weight excluding hydrogens is 334 g/mol. The number of anilines is 1. The second-order valence-electron chi connectivity index (χ2n) is 6.60. The Bertz CT molecular complexity index is 723. The third kappa shape index (κ3) is 5.98.